The van der Waals surface area contributed by atoms with E-state index in [1.54, 1.807) is 0 Å². The van der Waals surface area contributed by atoms with E-state index < -0.39 is 5.41 Å². The smallest absolute Gasteiger partial charge is 0.144 e. The van der Waals surface area contributed by atoms with Crippen LogP contribution >= 0.6 is 0 Å². The molecule has 14 aromatic rings. The van der Waals surface area contributed by atoms with Crippen molar-refractivity contribution in [3.63, 3.8) is 0 Å². The first kappa shape index (κ1) is 54.7. The molecule has 1 spiro atoms. The van der Waals surface area contributed by atoms with E-state index in [4.69, 9.17) is 8.83 Å². The summed E-state index contributed by atoms with van der Waals surface area (Å²) in [6.45, 7) is 27.5. The molecular formula is C85H74N2O2. The van der Waals surface area contributed by atoms with Gasteiger partial charge < -0.3 is 18.6 Å². The molecule has 4 nitrogen and oxygen atoms in total. The zero-order valence-corrected chi connectivity index (χ0v) is 53.2. The minimum atomic E-state index is -0.815. The van der Waals surface area contributed by atoms with Crippen molar-refractivity contribution >= 4 is 99.5 Å². The average Bonchev–Trinajstić information content (AvgIpc) is 1.49. The maximum Gasteiger partial charge on any atom is 0.144 e. The van der Waals surface area contributed by atoms with Gasteiger partial charge in [0.1, 0.15) is 22.3 Å². The van der Waals surface area contributed by atoms with Gasteiger partial charge in [0.15, 0.2) is 0 Å². The summed E-state index contributed by atoms with van der Waals surface area (Å²) in [5.41, 5.74) is 24.0. The second-order valence-corrected chi connectivity index (χ2v) is 29.3. The van der Waals surface area contributed by atoms with Crippen molar-refractivity contribution in [1.29, 1.82) is 0 Å². The van der Waals surface area contributed by atoms with Crippen LogP contribution in [0.1, 0.15) is 128 Å². The highest BCUT2D eigenvalue weighted by atomic mass is 16.3. The lowest BCUT2D eigenvalue weighted by atomic mass is 9.69. The summed E-state index contributed by atoms with van der Waals surface area (Å²) in [5, 5.41) is 8.96. The molecule has 16 rings (SSSR count). The van der Waals surface area contributed by atoms with E-state index in [-0.39, 0.29) is 21.7 Å². The molecule has 2 aliphatic carbocycles. The molecule has 0 radical (unpaired) electrons. The second-order valence-electron chi connectivity index (χ2n) is 29.3. The Morgan fingerprint density at radius 2 is 0.708 bits per heavy atom. The van der Waals surface area contributed by atoms with Crippen LogP contribution in [-0.2, 0) is 27.1 Å². The Kier molecular flexibility index (Phi) is 11.8. The van der Waals surface area contributed by atoms with Crippen molar-refractivity contribution in [1.82, 2.24) is 0 Å². The molecule has 0 fully saturated rings. The molecule has 0 bridgehead atoms. The topological polar surface area (TPSA) is 32.8 Å². The van der Waals surface area contributed by atoms with Crippen LogP contribution in [0.15, 0.2) is 239 Å². The average molecular weight is 1160 g/mol. The van der Waals surface area contributed by atoms with Crippen LogP contribution in [0.3, 0.4) is 0 Å². The summed E-state index contributed by atoms with van der Waals surface area (Å²) in [6, 6.07) is 87.2. The van der Waals surface area contributed by atoms with Crippen LogP contribution in [0, 0.1) is 0 Å². The molecule has 0 aliphatic heterocycles. The van der Waals surface area contributed by atoms with Crippen LogP contribution in [0.5, 0.6) is 0 Å². The lowest BCUT2D eigenvalue weighted by Crippen LogP contribution is -2.26. The van der Waals surface area contributed by atoms with Gasteiger partial charge in [-0.25, -0.2) is 0 Å². The van der Waals surface area contributed by atoms with Gasteiger partial charge in [-0.1, -0.05) is 223 Å². The number of furan rings is 2. The molecule has 4 heteroatoms. The summed E-state index contributed by atoms with van der Waals surface area (Å²) < 4.78 is 14.6. The highest BCUT2D eigenvalue weighted by Gasteiger charge is 2.55. The molecule has 0 atom stereocenters. The Hall–Kier alpha value is -9.64. The first-order valence-electron chi connectivity index (χ1n) is 31.7. The summed E-state index contributed by atoms with van der Waals surface area (Å²) >= 11 is 0. The van der Waals surface area contributed by atoms with Crippen LogP contribution in [0.4, 0.5) is 34.1 Å². The van der Waals surface area contributed by atoms with Gasteiger partial charge in [0.2, 0.25) is 0 Å². The molecule has 2 aromatic heterocycles. The number of para-hydroxylation sites is 2. The normalized spacial score (nSPS) is 13.7. The number of hydrogen-bond acceptors (Lipinski definition) is 4. The first-order chi connectivity index (χ1) is 42.7. The fourth-order valence-corrected chi connectivity index (χ4v) is 15.2. The molecule has 0 N–H and O–H groups in total. The minimum Gasteiger partial charge on any atom is -0.456 e. The Balaban J connectivity index is 1.08. The SMILES string of the molecule is CC(C)(C)c1ccc(N(c2ccc(C(C)(C)C)cc2)c2ccc3c4c(c5oc6ccccc6c5c3c2)-c2c(cc(N(c3ccc(C(C)(C)C)cc3)c3ccc(C(C)(C)C)cc3)c3c2ccc2oc5ccccc5c23)C42c3ccccc3-c3ccccc32)cc1. The Labute approximate surface area is 522 Å². The Morgan fingerprint density at radius 1 is 0.292 bits per heavy atom. The van der Waals surface area contributed by atoms with Gasteiger partial charge in [-0.05, 0) is 190 Å². The largest absolute Gasteiger partial charge is 0.456 e. The highest BCUT2D eigenvalue weighted by molar-refractivity contribution is 6.32. The lowest BCUT2D eigenvalue weighted by Gasteiger charge is -2.34. The maximum atomic E-state index is 7.64. The van der Waals surface area contributed by atoms with Crippen molar-refractivity contribution in [2.45, 2.75) is 110 Å². The van der Waals surface area contributed by atoms with E-state index in [9.17, 15) is 0 Å². The summed E-state index contributed by atoms with van der Waals surface area (Å²) in [4.78, 5) is 4.98. The van der Waals surface area contributed by atoms with E-state index >= 15 is 0 Å². The first-order valence-corrected chi connectivity index (χ1v) is 31.7. The quantitative estimate of drug-likeness (QED) is 0.166. The molecule has 0 unspecified atom stereocenters. The number of nitrogens with zero attached hydrogens (tertiary/aromatic N) is 2. The third kappa shape index (κ3) is 8.18. The molecule has 89 heavy (non-hydrogen) atoms. The summed E-state index contributed by atoms with van der Waals surface area (Å²) in [6.07, 6.45) is 0. The third-order valence-corrected chi connectivity index (χ3v) is 19.7. The number of hydrogen-bond donors (Lipinski definition) is 0. The third-order valence-electron chi connectivity index (χ3n) is 19.7. The Morgan fingerprint density at radius 3 is 1.20 bits per heavy atom. The van der Waals surface area contributed by atoms with Crippen LogP contribution in [-0.4, -0.2) is 0 Å². The molecule has 2 aliphatic rings. The summed E-state index contributed by atoms with van der Waals surface area (Å²) in [7, 11) is 0. The Bertz CT molecular complexity index is 5040. The molecule has 436 valence electrons. The van der Waals surface area contributed by atoms with Gasteiger partial charge >= 0.3 is 0 Å². The number of anilines is 6. The zero-order valence-electron chi connectivity index (χ0n) is 53.2. The molecule has 2 heterocycles. The van der Waals surface area contributed by atoms with E-state index in [1.165, 1.54) is 66.6 Å². The number of fused-ring (bicyclic) bond motifs is 23. The van der Waals surface area contributed by atoms with Gasteiger partial charge in [0.25, 0.3) is 0 Å². The van der Waals surface area contributed by atoms with Gasteiger partial charge in [-0.3, -0.25) is 0 Å². The highest BCUT2D eigenvalue weighted by Crippen LogP contribution is 2.68. The fraction of sp³-hybridized carbons (Fsp3) is 0.200. The maximum absolute atomic E-state index is 7.64. The van der Waals surface area contributed by atoms with Crippen LogP contribution < -0.4 is 9.80 Å². The van der Waals surface area contributed by atoms with Crippen LogP contribution in [0.25, 0.3) is 87.7 Å². The number of rotatable bonds is 6. The second kappa shape index (κ2) is 19.2. The fourth-order valence-electron chi connectivity index (χ4n) is 15.2. The van der Waals surface area contributed by atoms with Crippen molar-refractivity contribution in [2.24, 2.45) is 0 Å². The lowest BCUT2D eigenvalue weighted by molar-refractivity contribution is 0.590. The van der Waals surface area contributed by atoms with Crippen molar-refractivity contribution in [3.05, 3.63) is 275 Å². The van der Waals surface area contributed by atoms with Gasteiger partial charge in [-0.2, -0.15) is 0 Å². The van der Waals surface area contributed by atoms with Gasteiger partial charge in [0, 0.05) is 60.9 Å². The molecule has 0 saturated carbocycles. The standard InChI is InChI=1S/C85H74N2O2/c1-81(2,3)51-29-37-55(38-30-51)86(56-39-31-52(32-40-56)82(4,5)6)59-45-46-62-66(49-59)74-63-23-15-20-28-72(63)89-80(74)78-75-65-47-48-73-77(64-24-16-19-27-71(64)88-73)76(65)70(50-69(75)85(79(62)78)67-25-17-13-21-60(67)61-22-14-18-26-68(61)85)87(57-41-33-53(34-42-57)83(7,8)9)58-43-35-54(36-44-58)84(10,11)12/h13-50H,1-12H3. The van der Waals surface area contributed by atoms with E-state index in [0.717, 1.165) is 99.7 Å². The number of benzene rings is 12. The minimum absolute atomic E-state index is 0.00189. The van der Waals surface area contributed by atoms with Gasteiger partial charge in [-0.15, -0.1) is 0 Å². The van der Waals surface area contributed by atoms with E-state index in [2.05, 4.69) is 323 Å². The van der Waals surface area contributed by atoms with E-state index in [0.29, 0.717) is 0 Å². The van der Waals surface area contributed by atoms with Crippen molar-refractivity contribution < 1.29 is 8.83 Å². The van der Waals surface area contributed by atoms with E-state index in [1.807, 2.05) is 0 Å². The molecular weight excluding hydrogens is 1080 g/mol. The van der Waals surface area contributed by atoms with Crippen molar-refractivity contribution in [3.8, 4) is 22.3 Å². The van der Waals surface area contributed by atoms with Crippen molar-refractivity contribution in [2.75, 3.05) is 9.80 Å². The molecule has 0 saturated heterocycles. The zero-order chi connectivity index (χ0) is 61.3. The monoisotopic (exact) mass is 1150 g/mol. The van der Waals surface area contributed by atoms with Gasteiger partial charge in [0.05, 0.1) is 11.1 Å². The molecule has 0 amide bonds. The molecule has 12 aromatic carbocycles. The predicted molar refractivity (Wildman–Crippen MR) is 376 cm³/mol. The summed E-state index contributed by atoms with van der Waals surface area (Å²) in [5.74, 6) is 0. The van der Waals surface area contributed by atoms with Crippen LogP contribution in [0.2, 0.25) is 0 Å². The predicted octanol–water partition coefficient (Wildman–Crippen LogP) is 24.3.